The fraction of sp³-hybridized carbons (Fsp3) is 0.400. The molecule has 2 aromatic carbocycles. The molecule has 0 spiro atoms. The van der Waals surface area contributed by atoms with Crippen molar-refractivity contribution in [1.82, 2.24) is 10.2 Å². The van der Waals surface area contributed by atoms with E-state index in [-0.39, 0.29) is 23.6 Å². The lowest BCUT2D eigenvalue weighted by molar-refractivity contribution is -0.121. The van der Waals surface area contributed by atoms with Crippen LogP contribution < -0.4 is 10.6 Å². The predicted octanol–water partition coefficient (Wildman–Crippen LogP) is 3.47. The minimum Gasteiger partial charge on any atom is -0.382 e. The number of carbonyl (C=O) groups is 3. The molecule has 1 fully saturated rings. The highest BCUT2D eigenvalue weighted by Crippen LogP contribution is 2.23. The molecule has 176 valence electrons. The van der Waals surface area contributed by atoms with E-state index < -0.39 is 5.82 Å². The highest BCUT2D eigenvalue weighted by Gasteiger charge is 2.28. The molecule has 1 aliphatic rings. The molecule has 0 bridgehead atoms. The third-order valence-electron chi connectivity index (χ3n) is 5.61. The summed E-state index contributed by atoms with van der Waals surface area (Å²) >= 11 is 0. The number of anilines is 1. The van der Waals surface area contributed by atoms with E-state index >= 15 is 0 Å². The second-order valence-corrected chi connectivity index (χ2v) is 7.92. The molecule has 0 radical (unpaired) electrons. The van der Waals surface area contributed by atoms with Crippen molar-refractivity contribution < 1.29 is 23.5 Å². The molecule has 33 heavy (non-hydrogen) atoms. The van der Waals surface area contributed by atoms with Gasteiger partial charge in [0.05, 0.1) is 11.3 Å². The Labute approximate surface area is 193 Å². The molecule has 0 saturated carbocycles. The number of amides is 3. The molecule has 2 aromatic rings. The van der Waals surface area contributed by atoms with Crippen LogP contribution in [0.15, 0.2) is 48.5 Å². The van der Waals surface area contributed by atoms with E-state index in [0.717, 1.165) is 0 Å². The van der Waals surface area contributed by atoms with Crippen molar-refractivity contribution in [2.24, 2.45) is 5.92 Å². The number of halogens is 1. The van der Waals surface area contributed by atoms with E-state index in [1.807, 2.05) is 6.92 Å². The topological polar surface area (TPSA) is 87.7 Å². The fourth-order valence-corrected chi connectivity index (χ4v) is 3.79. The van der Waals surface area contributed by atoms with E-state index in [1.165, 1.54) is 18.2 Å². The Bertz CT molecular complexity index is 974. The van der Waals surface area contributed by atoms with Gasteiger partial charge in [-0.05, 0) is 56.5 Å². The van der Waals surface area contributed by atoms with Gasteiger partial charge in [-0.1, -0.05) is 18.2 Å². The molecule has 1 saturated heterocycles. The number of rotatable bonds is 9. The third kappa shape index (κ3) is 6.86. The predicted molar refractivity (Wildman–Crippen MR) is 124 cm³/mol. The molecule has 1 aliphatic heterocycles. The van der Waals surface area contributed by atoms with Crippen LogP contribution >= 0.6 is 0 Å². The zero-order valence-electron chi connectivity index (χ0n) is 18.8. The number of likely N-dealkylation sites (tertiary alicyclic amines) is 1. The Morgan fingerprint density at radius 2 is 1.85 bits per heavy atom. The summed E-state index contributed by atoms with van der Waals surface area (Å²) < 4.78 is 18.7. The first-order valence-electron chi connectivity index (χ1n) is 11.3. The van der Waals surface area contributed by atoms with Gasteiger partial charge < -0.3 is 20.3 Å². The number of nitrogens with one attached hydrogen (secondary N) is 2. The van der Waals surface area contributed by atoms with Crippen LogP contribution in [0.2, 0.25) is 0 Å². The maximum atomic E-state index is 13.4. The summed E-state index contributed by atoms with van der Waals surface area (Å²) in [5.41, 5.74) is 1.17. The van der Waals surface area contributed by atoms with Crippen LogP contribution in [-0.2, 0) is 9.53 Å². The molecular weight excluding hydrogens is 425 g/mol. The zero-order chi connectivity index (χ0) is 23.6. The number of benzene rings is 2. The van der Waals surface area contributed by atoms with Crippen LogP contribution in [-0.4, -0.2) is 55.5 Å². The Morgan fingerprint density at radius 3 is 2.58 bits per heavy atom. The minimum atomic E-state index is -0.452. The lowest BCUT2D eigenvalue weighted by atomic mass is 9.95. The summed E-state index contributed by atoms with van der Waals surface area (Å²) in [6.07, 6.45) is 1.71. The van der Waals surface area contributed by atoms with Crippen LogP contribution in [0.1, 0.15) is 46.9 Å². The van der Waals surface area contributed by atoms with E-state index in [2.05, 4.69) is 10.6 Å². The first-order valence-corrected chi connectivity index (χ1v) is 11.3. The van der Waals surface area contributed by atoms with Gasteiger partial charge in [-0.25, -0.2) is 4.39 Å². The maximum absolute atomic E-state index is 13.4. The molecule has 2 N–H and O–H groups in total. The third-order valence-corrected chi connectivity index (χ3v) is 5.61. The molecular formula is C25H30FN3O4. The van der Waals surface area contributed by atoms with Crippen molar-refractivity contribution in [3.8, 4) is 0 Å². The van der Waals surface area contributed by atoms with Gasteiger partial charge in [-0.3, -0.25) is 14.4 Å². The van der Waals surface area contributed by atoms with Crippen LogP contribution in [0.25, 0.3) is 0 Å². The fourth-order valence-electron chi connectivity index (χ4n) is 3.79. The average Bonchev–Trinajstić information content (AvgIpc) is 2.83. The maximum Gasteiger partial charge on any atom is 0.253 e. The number of nitrogens with zero attached hydrogens (tertiary/aromatic N) is 1. The normalized spacial score (nSPS) is 14.1. The summed E-state index contributed by atoms with van der Waals surface area (Å²) in [6, 6.07) is 12.5. The van der Waals surface area contributed by atoms with Crippen LogP contribution in [0.4, 0.5) is 10.1 Å². The van der Waals surface area contributed by atoms with Crippen molar-refractivity contribution in [3.63, 3.8) is 0 Å². The van der Waals surface area contributed by atoms with Gasteiger partial charge in [0.15, 0.2) is 0 Å². The van der Waals surface area contributed by atoms with Gasteiger partial charge in [0.25, 0.3) is 11.8 Å². The summed E-state index contributed by atoms with van der Waals surface area (Å²) in [4.78, 5) is 39.6. The largest absolute Gasteiger partial charge is 0.382 e. The van der Waals surface area contributed by atoms with Crippen molar-refractivity contribution in [3.05, 3.63) is 65.5 Å². The van der Waals surface area contributed by atoms with Crippen LogP contribution in [0.3, 0.4) is 0 Å². The quantitative estimate of drug-likeness (QED) is 0.567. The summed E-state index contributed by atoms with van der Waals surface area (Å²) in [5, 5.41) is 5.73. The summed E-state index contributed by atoms with van der Waals surface area (Å²) in [7, 11) is 0. The summed E-state index contributed by atoms with van der Waals surface area (Å²) in [5.74, 6) is -1.39. The highest BCUT2D eigenvalue weighted by molar-refractivity contribution is 6.04. The number of piperidine rings is 1. The molecule has 0 atom stereocenters. The van der Waals surface area contributed by atoms with Gasteiger partial charge >= 0.3 is 0 Å². The molecule has 3 amide bonds. The second kappa shape index (κ2) is 12.1. The average molecular weight is 456 g/mol. The standard InChI is InChI=1S/C25H30FN3O4/c1-2-33-16-6-13-27-24(31)21-9-3-4-10-22(21)28-23(30)18-11-14-29(15-12-18)25(32)19-7-5-8-20(26)17-19/h3-5,7-10,17-18H,2,6,11-16H2,1H3,(H,27,31)(H,28,30). The first-order chi connectivity index (χ1) is 16.0. The Kier molecular flexibility index (Phi) is 8.95. The molecule has 1 heterocycles. The SMILES string of the molecule is CCOCCCNC(=O)c1ccccc1NC(=O)C1CCN(C(=O)c2cccc(F)c2)CC1. The van der Waals surface area contributed by atoms with E-state index in [9.17, 15) is 18.8 Å². The van der Waals surface area contributed by atoms with E-state index in [1.54, 1.807) is 35.2 Å². The minimum absolute atomic E-state index is 0.176. The summed E-state index contributed by atoms with van der Waals surface area (Å²) in [6.45, 7) is 4.45. The molecule has 3 rings (SSSR count). The smallest absolute Gasteiger partial charge is 0.253 e. The zero-order valence-corrected chi connectivity index (χ0v) is 18.8. The van der Waals surface area contributed by atoms with Crippen molar-refractivity contribution in [2.45, 2.75) is 26.2 Å². The van der Waals surface area contributed by atoms with Crippen molar-refractivity contribution in [1.29, 1.82) is 0 Å². The Morgan fingerprint density at radius 1 is 1.09 bits per heavy atom. The van der Waals surface area contributed by atoms with Gasteiger partial charge in [-0.15, -0.1) is 0 Å². The Hall–Kier alpha value is -3.26. The van der Waals surface area contributed by atoms with E-state index in [4.69, 9.17) is 4.74 Å². The molecule has 7 nitrogen and oxygen atoms in total. The second-order valence-electron chi connectivity index (χ2n) is 7.92. The number of ether oxygens (including phenoxy) is 1. The molecule has 0 aliphatic carbocycles. The van der Waals surface area contributed by atoms with Gasteiger partial charge in [0.2, 0.25) is 5.91 Å². The first kappa shape index (κ1) is 24.4. The Balaban J connectivity index is 1.53. The van der Waals surface area contributed by atoms with Gasteiger partial charge in [-0.2, -0.15) is 0 Å². The number of hydrogen-bond acceptors (Lipinski definition) is 4. The van der Waals surface area contributed by atoms with Gasteiger partial charge in [0.1, 0.15) is 5.82 Å². The van der Waals surface area contributed by atoms with Crippen molar-refractivity contribution >= 4 is 23.4 Å². The lowest BCUT2D eigenvalue weighted by Gasteiger charge is -2.31. The highest BCUT2D eigenvalue weighted by atomic mass is 19.1. The van der Waals surface area contributed by atoms with Gasteiger partial charge in [0, 0.05) is 44.3 Å². The molecule has 0 unspecified atom stereocenters. The number of para-hydroxylation sites is 1. The van der Waals surface area contributed by atoms with Crippen LogP contribution in [0, 0.1) is 11.7 Å². The van der Waals surface area contributed by atoms with Crippen molar-refractivity contribution in [2.75, 3.05) is 38.2 Å². The molecule has 8 heteroatoms. The van der Waals surface area contributed by atoms with Crippen LogP contribution in [0.5, 0.6) is 0 Å². The lowest BCUT2D eigenvalue weighted by Crippen LogP contribution is -2.41. The molecule has 0 aromatic heterocycles. The van der Waals surface area contributed by atoms with E-state index in [0.29, 0.717) is 68.9 Å². The number of hydrogen-bond donors (Lipinski definition) is 2. The number of carbonyl (C=O) groups excluding carboxylic acids is 3. The monoisotopic (exact) mass is 455 g/mol.